The van der Waals surface area contributed by atoms with Crippen LogP contribution in [0.2, 0.25) is 0 Å². The molecule has 6 nitrogen and oxygen atoms in total. The second-order valence-corrected chi connectivity index (χ2v) is 7.28. The molecule has 1 aromatic carbocycles. The minimum Gasteiger partial charge on any atom is -0.323 e. The number of halogens is 1. The molecule has 0 bridgehead atoms. The fourth-order valence-corrected chi connectivity index (χ4v) is 3.98. The molecule has 2 heterocycles. The van der Waals surface area contributed by atoms with Crippen LogP contribution in [0.25, 0.3) is 10.4 Å². The molecule has 1 saturated heterocycles. The molecule has 1 aromatic heterocycles. The SMILES string of the molecule is O=C(CN1CSCC1=O)NNC(=O)c1ccc(-c2ccc(F)cc2)s1. The molecule has 1 fully saturated rings. The Kier molecular flexibility index (Phi) is 5.34. The van der Waals surface area contributed by atoms with Gasteiger partial charge in [-0.15, -0.1) is 23.1 Å². The van der Waals surface area contributed by atoms with E-state index in [2.05, 4.69) is 10.9 Å². The number of nitrogens with one attached hydrogen (secondary N) is 2. The van der Waals surface area contributed by atoms with Crippen LogP contribution in [-0.4, -0.2) is 40.8 Å². The van der Waals surface area contributed by atoms with Gasteiger partial charge in [0.05, 0.1) is 16.5 Å². The monoisotopic (exact) mass is 379 g/mol. The minimum absolute atomic E-state index is 0.0859. The van der Waals surface area contributed by atoms with Crippen molar-refractivity contribution < 1.29 is 18.8 Å². The molecule has 25 heavy (non-hydrogen) atoms. The summed E-state index contributed by atoms with van der Waals surface area (Å²) in [4.78, 5) is 38.0. The Labute approximate surface area is 151 Å². The summed E-state index contributed by atoms with van der Waals surface area (Å²) in [5.41, 5.74) is 5.43. The lowest BCUT2D eigenvalue weighted by molar-refractivity contribution is -0.132. The van der Waals surface area contributed by atoms with Crippen LogP contribution < -0.4 is 10.9 Å². The van der Waals surface area contributed by atoms with Gasteiger partial charge in [0.2, 0.25) is 5.91 Å². The molecule has 0 atom stereocenters. The predicted molar refractivity (Wildman–Crippen MR) is 94.4 cm³/mol. The minimum atomic E-state index is -0.459. The average molecular weight is 379 g/mol. The summed E-state index contributed by atoms with van der Waals surface area (Å²) in [7, 11) is 0. The van der Waals surface area contributed by atoms with Crippen LogP contribution in [0.15, 0.2) is 36.4 Å². The molecular formula is C16H14FN3O3S2. The van der Waals surface area contributed by atoms with E-state index in [4.69, 9.17) is 0 Å². The summed E-state index contributed by atoms with van der Waals surface area (Å²) in [6, 6.07) is 9.37. The molecule has 1 aliphatic rings. The van der Waals surface area contributed by atoms with E-state index in [-0.39, 0.29) is 18.3 Å². The second-order valence-electron chi connectivity index (χ2n) is 5.24. The zero-order chi connectivity index (χ0) is 17.8. The number of hydrazine groups is 1. The number of carbonyl (C=O) groups is 3. The van der Waals surface area contributed by atoms with Crippen molar-refractivity contribution in [1.29, 1.82) is 0 Å². The molecule has 1 aliphatic heterocycles. The highest BCUT2D eigenvalue weighted by Gasteiger charge is 2.23. The van der Waals surface area contributed by atoms with Crippen LogP contribution >= 0.6 is 23.1 Å². The lowest BCUT2D eigenvalue weighted by atomic mass is 10.2. The van der Waals surface area contributed by atoms with Gasteiger partial charge in [-0.2, -0.15) is 0 Å². The standard InChI is InChI=1S/C16H14FN3O3S2/c17-11-3-1-10(2-4-11)12-5-6-13(25-12)16(23)19-18-14(21)7-20-9-24-8-15(20)22/h1-6H,7-9H2,(H,18,21)(H,19,23). The van der Waals surface area contributed by atoms with Gasteiger partial charge in [0.1, 0.15) is 12.4 Å². The van der Waals surface area contributed by atoms with Crippen LogP contribution in [-0.2, 0) is 9.59 Å². The second kappa shape index (κ2) is 7.66. The Hall–Kier alpha value is -2.39. The molecule has 3 amide bonds. The van der Waals surface area contributed by atoms with Crippen LogP contribution in [0.3, 0.4) is 0 Å². The topological polar surface area (TPSA) is 78.5 Å². The number of nitrogens with zero attached hydrogens (tertiary/aromatic N) is 1. The van der Waals surface area contributed by atoms with E-state index in [0.29, 0.717) is 16.5 Å². The number of carbonyl (C=O) groups excluding carboxylic acids is 3. The first-order chi connectivity index (χ1) is 12.0. The quantitative estimate of drug-likeness (QED) is 0.795. The average Bonchev–Trinajstić information content (AvgIpc) is 3.23. The van der Waals surface area contributed by atoms with E-state index >= 15 is 0 Å². The van der Waals surface area contributed by atoms with Gasteiger partial charge in [-0.05, 0) is 29.8 Å². The van der Waals surface area contributed by atoms with Crippen LogP contribution in [0.5, 0.6) is 0 Å². The van der Waals surface area contributed by atoms with E-state index in [1.807, 2.05) is 0 Å². The highest BCUT2D eigenvalue weighted by Crippen LogP contribution is 2.28. The van der Waals surface area contributed by atoms with Gasteiger partial charge in [0.15, 0.2) is 0 Å². The zero-order valence-electron chi connectivity index (χ0n) is 13.0. The third-order valence-corrected chi connectivity index (χ3v) is 5.51. The maximum Gasteiger partial charge on any atom is 0.279 e. The lowest BCUT2D eigenvalue weighted by Gasteiger charge is -2.14. The molecular weight excluding hydrogens is 365 g/mol. The van der Waals surface area contributed by atoms with E-state index in [0.717, 1.165) is 10.4 Å². The smallest absolute Gasteiger partial charge is 0.279 e. The Morgan fingerprint density at radius 1 is 1.12 bits per heavy atom. The fraction of sp³-hybridized carbons (Fsp3) is 0.188. The molecule has 0 aliphatic carbocycles. The first kappa shape index (κ1) is 17.4. The molecule has 2 aromatic rings. The van der Waals surface area contributed by atoms with Crippen molar-refractivity contribution in [3.8, 4) is 10.4 Å². The molecule has 0 radical (unpaired) electrons. The summed E-state index contributed by atoms with van der Waals surface area (Å²) < 4.78 is 13.0. The Balaban J connectivity index is 1.54. The third kappa shape index (κ3) is 4.37. The van der Waals surface area contributed by atoms with Crippen molar-refractivity contribution in [3.05, 3.63) is 47.1 Å². The summed E-state index contributed by atoms with van der Waals surface area (Å²) in [6.07, 6.45) is 0. The maximum atomic E-state index is 13.0. The normalized spacial score (nSPS) is 13.8. The maximum absolute atomic E-state index is 13.0. The Bertz CT molecular complexity index is 807. The zero-order valence-corrected chi connectivity index (χ0v) is 14.6. The summed E-state index contributed by atoms with van der Waals surface area (Å²) in [5.74, 6) is -0.467. The Morgan fingerprint density at radius 3 is 2.56 bits per heavy atom. The molecule has 0 spiro atoms. The van der Waals surface area contributed by atoms with Gasteiger partial charge in [0, 0.05) is 4.88 Å². The van der Waals surface area contributed by atoms with Crippen molar-refractivity contribution in [2.75, 3.05) is 18.2 Å². The highest BCUT2D eigenvalue weighted by molar-refractivity contribution is 8.00. The number of hydrogen-bond acceptors (Lipinski definition) is 5. The molecule has 0 saturated carbocycles. The predicted octanol–water partition coefficient (Wildman–Crippen LogP) is 1.85. The van der Waals surface area contributed by atoms with E-state index < -0.39 is 11.8 Å². The summed E-state index contributed by atoms with van der Waals surface area (Å²) >= 11 is 2.67. The van der Waals surface area contributed by atoms with Crippen molar-refractivity contribution in [2.24, 2.45) is 0 Å². The molecule has 130 valence electrons. The van der Waals surface area contributed by atoms with Crippen molar-refractivity contribution in [2.45, 2.75) is 0 Å². The summed E-state index contributed by atoms with van der Waals surface area (Å²) in [6.45, 7) is -0.0859. The number of amides is 3. The highest BCUT2D eigenvalue weighted by atomic mass is 32.2. The Morgan fingerprint density at radius 2 is 1.88 bits per heavy atom. The van der Waals surface area contributed by atoms with Crippen LogP contribution in [0.1, 0.15) is 9.67 Å². The number of hydrogen-bond donors (Lipinski definition) is 2. The van der Waals surface area contributed by atoms with Crippen LogP contribution in [0.4, 0.5) is 4.39 Å². The first-order valence-electron chi connectivity index (χ1n) is 7.33. The molecule has 3 rings (SSSR count). The first-order valence-corrected chi connectivity index (χ1v) is 9.30. The van der Waals surface area contributed by atoms with Gasteiger partial charge in [-0.1, -0.05) is 12.1 Å². The van der Waals surface area contributed by atoms with Gasteiger partial charge >= 0.3 is 0 Å². The lowest BCUT2D eigenvalue weighted by Crippen LogP contribution is -2.46. The molecule has 9 heteroatoms. The number of thioether (sulfide) groups is 1. The van der Waals surface area contributed by atoms with Gasteiger partial charge < -0.3 is 4.90 Å². The third-order valence-electron chi connectivity index (χ3n) is 3.43. The number of rotatable bonds is 4. The van der Waals surface area contributed by atoms with Gasteiger partial charge in [-0.25, -0.2) is 4.39 Å². The number of benzene rings is 1. The summed E-state index contributed by atoms with van der Waals surface area (Å²) in [5, 5.41) is 0. The molecule has 2 N–H and O–H groups in total. The van der Waals surface area contributed by atoms with Gasteiger partial charge in [-0.3, -0.25) is 25.2 Å². The van der Waals surface area contributed by atoms with Crippen LogP contribution in [0, 0.1) is 5.82 Å². The fourth-order valence-electron chi connectivity index (χ4n) is 2.17. The largest absolute Gasteiger partial charge is 0.323 e. The van der Waals surface area contributed by atoms with Crippen molar-refractivity contribution in [1.82, 2.24) is 15.8 Å². The van der Waals surface area contributed by atoms with E-state index in [9.17, 15) is 18.8 Å². The van der Waals surface area contributed by atoms with Crippen molar-refractivity contribution >= 4 is 40.8 Å². The van der Waals surface area contributed by atoms with Crippen molar-refractivity contribution in [3.63, 3.8) is 0 Å². The molecule has 0 unspecified atom stereocenters. The number of thiophene rings is 1. The van der Waals surface area contributed by atoms with E-state index in [1.165, 1.54) is 40.1 Å². The van der Waals surface area contributed by atoms with Gasteiger partial charge in [0.25, 0.3) is 11.8 Å². The van der Waals surface area contributed by atoms with E-state index in [1.54, 1.807) is 24.3 Å².